The van der Waals surface area contributed by atoms with Crippen LogP contribution in [0.1, 0.15) is 22.8 Å². The molecule has 130 valence electrons. The van der Waals surface area contributed by atoms with Crippen LogP contribution < -0.4 is 4.74 Å². The highest BCUT2D eigenvalue weighted by Crippen LogP contribution is 2.17. The maximum absolute atomic E-state index is 12.6. The third-order valence-corrected chi connectivity index (χ3v) is 4.18. The molecule has 1 heterocycles. The van der Waals surface area contributed by atoms with Crippen molar-refractivity contribution in [3.8, 4) is 5.75 Å². The Balaban J connectivity index is 1.63. The van der Waals surface area contributed by atoms with Crippen molar-refractivity contribution in [2.75, 3.05) is 20.2 Å². The van der Waals surface area contributed by atoms with Crippen molar-refractivity contribution in [2.24, 2.45) is 0 Å². The summed E-state index contributed by atoms with van der Waals surface area (Å²) in [6.45, 7) is 5.71. The maximum Gasteiger partial charge on any atom is 0.253 e. The Morgan fingerprint density at radius 1 is 1.24 bits per heavy atom. The van der Waals surface area contributed by atoms with Crippen LogP contribution in [0.5, 0.6) is 5.75 Å². The molecule has 1 amide bonds. The summed E-state index contributed by atoms with van der Waals surface area (Å²) in [4.78, 5) is 14.2. The third kappa shape index (κ3) is 3.63. The van der Waals surface area contributed by atoms with Gasteiger partial charge in [0.25, 0.3) is 5.91 Å². The first-order valence-electron chi connectivity index (χ1n) is 8.37. The van der Waals surface area contributed by atoms with Crippen molar-refractivity contribution in [3.63, 3.8) is 0 Å². The lowest BCUT2D eigenvalue weighted by Crippen LogP contribution is -2.30. The molecule has 0 unspecified atom stereocenters. The van der Waals surface area contributed by atoms with Gasteiger partial charge >= 0.3 is 0 Å². The molecule has 0 saturated heterocycles. The highest BCUT2D eigenvalue weighted by atomic mass is 16.5. The predicted molar refractivity (Wildman–Crippen MR) is 96.8 cm³/mol. The first kappa shape index (κ1) is 17.0. The van der Waals surface area contributed by atoms with Crippen molar-refractivity contribution >= 4 is 16.9 Å². The van der Waals surface area contributed by atoms with Crippen LogP contribution in [0.2, 0.25) is 0 Å². The number of rotatable bonds is 6. The molecule has 0 atom stereocenters. The molecule has 0 N–H and O–H groups in total. The van der Waals surface area contributed by atoms with E-state index in [2.05, 4.69) is 10.3 Å². The summed E-state index contributed by atoms with van der Waals surface area (Å²) in [7, 11) is 1.77. The Morgan fingerprint density at radius 2 is 2.04 bits per heavy atom. The molecule has 0 spiro atoms. The number of para-hydroxylation sites is 1. The van der Waals surface area contributed by atoms with Gasteiger partial charge in [-0.05, 0) is 43.7 Å². The summed E-state index contributed by atoms with van der Waals surface area (Å²) in [6.07, 6.45) is 0. The van der Waals surface area contributed by atoms with Crippen molar-refractivity contribution < 1.29 is 9.53 Å². The van der Waals surface area contributed by atoms with Crippen LogP contribution in [0.4, 0.5) is 0 Å². The van der Waals surface area contributed by atoms with Crippen LogP contribution in [0.3, 0.4) is 0 Å². The first-order valence-corrected chi connectivity index (χ1v) is 8.37. The average Bonchev–Trinajstić information content (AvgIpc) is 3.04. The van der Waals surface area contributed by atoms with Gasteiger partial charge in [-0.25, -0.2) is 4.68 Å². The predicted octanol–water partition coefficient (Wildman–Crippen LogP) is 2.91. The highest BCUT2D eigenvalue weighted by Gasteiger charge is 2.14. The molecule has 0 fully saturated rings. The highest BCUT2D eigenvalue weighted by molar-refractivity contribution is 5.97. The fourth-order valence-electron chi connectivity index (χ4n) is 2.67. The van der Waals surface area contributed by atoms with E-state index in [1.807, 2.05) is 54.9 Å². The van der Waals surface area contributed by atoms with Crippen molar-refractivity contribution in [3.05, 3.63) is 53.6 Å². The zero-order valence-electron chi connectivity index (χ0n) is 14.8. The Morgan fingerprint density at radius 3 is 2.80 bits per heavy atom. The number of likely N-dealkylation sites (N-methyl/N-ethyl adjacent to an activating group) is 1. The number of hydrogen-bond donors (Lipinski definition) is 0. The van der Waals surface area contributed by atoms with E-state index in [0.29, 0.717) is 18.7 Å². The number of amides is 1. The van der Waals surface area contributed by atoms with E-state index < -0.39 is 0 Å². The van der Waals surface area contributed by atoms with Gasteiger partial charge in [0, 0.05) is 19.2 Å². The van der Waals surface area contributed by atoms with Gasteiger partial charge in [0.15, 0.2) is 0 Å². The summed E-state index contributed by atoms with van der Waals surface area (Å²) < 4.78 is 7.57. The van der Waals surface area contributed by atoms with Gasteiger partial charge in [-0.1, -0.05) is 23.4 Å². The quantitative estimate of drug-likeness (QED) is 0.693. The minimum absolute atomic E-state index is 0.0543. The van der Waals surface area contributed by atoms with Gasteiger partial charge in [0.2, 0.25) is 0 Å². The molecule has 0 bridgehead atoms. The molecule has 3 aromatic rings. The molecule has 0 radical (unpaired) electrons. The van der Waals surface area contributed by atoms with E-state index in [0.717, 1.165) is 28.9 Å². The largest absolute Gasteiger partial charge is 0.491 e. The molecule has 25 heavy (non-hydrogen) atoms. The summed E-state index contributed by atoms with van der Waals surface area (Å²) in [5.41, 5.74) is 3.36. The number of aryl methyl sites for hydroxylation is 2. The second-order valence-electron chi connectivity index (χ2n) is 5.95. The smallest absolute Gasteiger partial charge is 0.253 e. The van der Waals surface area contributed by atoms with E-state index in [4.69, 9.17) is 4.74 Å². The minimum Gasteiger partial charge on any atom is -0.491 e. The summed E-state index contributed by atoms with van der Waals surface area (Å²) in [5, 5.41) is 8.19. The van der Waals surface area contributed by atoms with E-state index >= 15 is 0 Å². The molecular weight excluding hydrogens is 316 g/mol. The van der Waals surface area contributed by atoms with Gasteiger partial charge in [0.05, 0.1) is 12.1 Å². The SMILES string of the molecule is CCn1nnc2cc(C(=O)N(C)CCOc3ccccc3C)ccc21. The zero-order valence-corrected chi connectivity index (χ0v) is 14.8. The lowest BCUT2D eigenvalue weighted by Gasteiger charge is -2.18. The molecule has 6 nitrogen and oxygen atoms in total. The van der Waals surface area contributed by atoms with Crippen molar-refractivity contribution in [2.45, 2.75) is 20.4 Å². The molecular formula is C19H22N4O2. The fourth-order valence-corrected chi connectivity index (χ4v) is 2.67. The summed E-state index contributed by atoms with van der Waals surface area (Å²) >= 11 is 0. The molecule has 6 heteroatoms. The molecule has 1 aromatic heterocycles. The Labute approximate surface area is 147 Å². The maximum atomic E-state index is 12.6. The number of hydrogen-bond acceptors (Lipinski definition) is 4. The lowest BCUT2D eigenvalue weighted by molar-refractivity contribution is 0.0774. The van der Waals surface area contributed by atoms with Crippen molar-refractivity contribution in [1.29, 1.82) is 0 Å². The summed E-state index contributed by atoms with van der Waals surface area (Å²) in [5.74, 6) is 0.794. The number of aromatic nitrogens is 3. The van der Waals surface area contributed by atoms with E-state index in [1.165, 1.54) is 0 Å². The van der Waals surface area contributed by atoms with Crippen LogP contribution in [0.25, 0.3) is 11.0 Å². The van der Waals surface area contributed by atoms with Crippen molar-refractivity contribution in [1.82, 2.24) is 19.9 Å². The van der Waals surface area contributed by atoms with Crippen LogP contribution in [-0.4, -0.2) is 46.0 Å². The second kappa shape index (κ2) is 7.34. The molecule has 3 rings (SSSR count). The van der Waals surface area contributed by atoms with Crippen LogP contribution in [0.15, 0.2) is 42.5 Å². The Hall–Kier alpha value is -2.89. The van der Waals surface area contributed by atoms with Crippen LogP contribution in [0, 0.1) is 6.92 Å². The fraction of sp³-hybridized carbons (Fsp3) is 0.316. The molecule has 0 aliphatic carbocycles. The summed E-state index contributed by atoms with van der Waals surface area (Å²) in [6, 6.07) is 13.3. The molecule has 0 aliphatic heterocycles. The lowest BCUT2D eigenvalue weighted by atomic mass is 10.1. The number of ether oxygens (including phenoxy) is 1. The van der Waals surface area contributed by atoms with Gasteiger partial charge < -0.3 is 9.64 Å². The van der Waals surface area contributed by atoms with Gasteiger partial charge in [-0.15, -0.1) is 5.10 Å². The monoisotopic (exact) mass is 338 g/mol. The molecule has 0 aliphatic rings. The number of benzene rings is 2. The van der Waals surface area contributed by atoms with E-state index in [9.17, 15) is 4.79 Å². The van der Waals surface area contributed by atoms with E-state index in [1.54, 1.807) is 18.0 Å². The minimum atomic E-state index is -0.0543. The topological polar surface area (TPSA) is 60.2 Å². The second-order valence-corrected chi connectivity index (χ2v) is 5.95. The van der Waals surface area contributed by atoms with E-state index in [-0.39, 0.29) is 5.91 Å². The standard InChI is InChI=1S/C19H22N4O2/c1-4-23-17-10-9-15(13-16(17)20-21-23)19(24)22(3)11-12-25-18-8-6-5-7-14(18)2/h5-10,13H,4,11-12H2,1-3H3. The Kier molecular flexibility index (Phi) is 4.97. The molecule has 2 aromatic carbocycles. The number of fused-ring (bicyclic) bond motifs is 1. The van der Waals surface area contributed by atoms with Gasteiger partial charge in [-0.2, -0.15) is 0 Å². The normalized spacial score (nSPS) is 10.8. The van der Waals surface area contributed by atoms with Gasteiger partial charge in [-0.3, -0.25) is 4.79 Å². The number of nitrogens with zero attached hydrogens (tertiary/aromatic N) is 4. The first-order chi connectivity index (χ1) is 12.1. The average molecular weight is 338 g/mol. The number of carbonyl (C=O) groups is 1. The Bertz CT molecular complexity index is 888. The third-order valence-electron chi connectivity index (χ3n) is 4.18. The van der Waals surface area contributed by atoms with Crippen LogP contribution in [-0.2, 0) is 6.54 Å². The molecule has 0 saturated carbocycles. The van der Waals surface area contributed by atoms with Crippen LogP contribution >= 0.6 is 0 Å². The number of carbonyl (C=O) groups excluding carboxylic acids is 1. The van der Waals surface area contributed by atoms with Gasteiger partial charge in [0.1, 0.15) is 17.9 Å². The zero-order chi connectivity index (χ0) is 17.8.